The van der Waals surface area contributed by atoms with E-state index in [-0.39, 0.29) is 5.78 Å². The zero-order valence-corrected chi connectivity index (χ0v) is 10.4. The quantitative estimate of drug-likeness (QED) is 0.761. The number of rotatable bonds is 2. The van der Waals surface area contributed by atoms with E-state index in [0.29, 0.717) is 5.56 Å². The molecule has 1 N–H and O–H groups in total. The molecule has 0 atom stereocenters. The van der Waals surface area contributed by atoms with Gasteiger partial charge in [0.05, 0.1) is 0 Å². The molecule has 0 saturated heterocycles. The van der Waals surface area contributed by atoms with Gasteiger partial charge in [0.15, 0.2) is 5.78 Å². The molecule has 0 spiro atoms. The Labute approximate surface area is 93.0 Å². The normalized spacial score (nSPS) is 7.87. The highest BCUT2D eigenvalue weighted by molar-refractivity contribution is 5.98. The first-order chi connectivity index (χ1) is 7.25. The minimum atomic E-state index is -0.412. The summed E-state index contributed by atoms with van der Waals surface area (Å²) in [5, 5.41) is 8.56. The number of hydrogen-bond donors (Lipinski definition) is 1. The minimum Gasteiger partial charge on any atom is -0.388 e. The summed E-state index contributed by atoms with van der Waals surface area (Å²) < 4.78 is 0. The first-order valence-electron chi connectivity index (χ1n) is 5.45. The van der Waals surface area contributed by atoms with Gasteiger partial charge < -0.3 is 5.11 Å². The second-order valence-corrected chi connectivity index (χ2v) is 2.40. The SMILES string of the molecule is CC.CC.Cc1ccccc1C(=O)CO. The molecule has 0 aromatic heterocycles. The van der Waals surface area contributed by atoms with E-state index in [1.165, 1.54) is 0 Å². The van der Waals surface area contributed by atoms with Gasteiger partial charge in [-0.15, -0.1) is 0 Å². The highest BCUT2D eigenvalue weighted by Gasteiger charge is 2.04. The fourth-order valence-corrected chi connectivity index (χ4v) is 0.971. The Morgan fingerprint density at radius 3 is 2.00 bits per heavy atom. The zero-order valence-electron chi connectivity index (χ0n) is 10.4. The molecule has 0 heterocycles. The lowest BCUT2D eigenvalue weighted by Gasteiger charge is -1.99. The third-order valence-electron chi connectivity index (χ3n) is 1.59. The second kappa shape index (κ2) is 10.9. The number of ketones is 1. The number of Topliss-reactive ketones (excluding diaryl/α,β-unsaturated/α-hetero) is 1. The van der Waals surface area contributed by atoms with Crippen LogP contribution in [0.4, 0.5) is 0 Å². The summed E-state index contributed by atoms with van der Waals surface area (Å²) in [6.45, 7) is 9.44. The molecule has 2 nitrogen and oxygen atoms in total. The predicted molar refractivity (Wildman–Crippen MR) is 65.3 cm³/mol. The maximum Gasteiger partial charge on any atom is 0.188 e. The van der Waals surface area contributed by atoms with Crippen LogP contribution in [-0.4, -0.2) is 17.5 Å². The van der Waals surface area contributed by atoms with Crippen LogP contribution in [0.15, 0.2) is 24.3 Å². The summed E-state index contributed by atoms with van der Waals surface area (Å²) in [6, 6.07) is 7.22. The third-order valence-corrected chi connectivity index (χ3v) is 1.59. The van der Waals surface area contributed by atoms with E-state index in [1.807, 2.05) is 46.8 Å². The van der Waals surface area contributed by atoms with E-state index in [9.17, 15) is 4.79 Å². The number of aryl methyl sites for hydroxylation is 1. The van der Waals surface area contributed by atoms with Crippen molar-refractivity contribution in [1.82, 2.24) is 0 Å². The Kier molecular flexibility index (Phi) is 11.9. The van der Waals surface area contributed by atoms with Gasteiger partial charge in [0.2, 0.25) is 0 Å². The standard InChI is InChI=1S/C9H10O2.2C2H6/c1-7-4-2-3-5-8(7)9(11)6-10;2*1-2/h2-5,10H,6H2,1H3;2*1-2H3. The number of carbonyl (C=O) groups is 1. The first kappa shape index (κ1) is 16.3. The van der Waals surface area contributed by atoms with Gasteiger partial charge in [0.25, 0.3) is 0 Å². The molecule has 0 amide bonds. The van der Waals surface area contributed by atoms with Crippen LogP contribution in [0.5, 0.6) is 0 Å². The molecule has 0 bridgehead atoms. The van der Waals surface area contributed by atoms with Crippen molar-refractivity contribution < 1.29 is 9.90 Å². The van der Waals surface area contributed by atoms with Crippen molar-refractivity contribution >= 4 is 5.78 Å². The van der Waals surface area contributed by atoms with E-state index < -0.39 is 6.61 Å². The lowest BCUT2D eigenvalue weighted by molar-refractivity contribution is 0.0903. The van der Waals surface area contributed by atoms with Crippen LogP contribution >= 0.6 is 0 Å². The largest absolute Gasteiger partial charge is 0.388 e. The molecule has 1 rings (SSSR count). The Morgan fingerprint density at radius 1 is 1.13 bits per heavy atom. The van der Waals surface area contributed by atoms with Crippen LogP contribution in [0.3, 0.4) is 0 Å². The molecule has 0 aliphatic rings. The molecule has 0 radical (unpaired) electrons. The maximum atomic E-state index is 11.0. The lowest BCUT2D eigenvalue weighted by atomic mass is 10.1. The fourth-order valence-electron chi connectivity index (χ4n) is 0.971. The molecule has 0 fully saturated rings. The van der Waals surface area contributed by atoms with Crippen LogP contribution in [0.25, 0.3) is 0 Å². The van der Waals surface area contributed by atoms with Gasteiger partial charge in [-0.3, -0.25) is 4.79 Å². The van der Waals surface area contributed by atoms with Gasteiger partial charge in [-0.2, -0.15) is 0 Å². The van der Waals surface area contributed by atoms with Crippen LogP contribution in [0, 0.1) is 6.92 Å². The van der Waals surface area contributed by atoms with Crippen molar-refractivity contribution in [2.45, 2.75) is 34.6 Å². The van der Waals surface area contributed by atoms with Crippen molar-refractivity contribution in [3.05, 3.63) is 35.4 Å². The predicted octanol–water partition coefficient (Wildman–Crippen LogP) is 3.22. The average molecular weight is 210 g/mol. The second-order valence-electron chi connectivity index (χ2n) is 2.40. The summed E-state index contributed by atoms with van der Waals surface area (Å²) in [4.78, 5) is 11.0. The summed E-state index contributed by atoms with van der Waals surface area (Å²) in [6.07, 6.45) is 0. The molecular formula is C13H22O2. The topological polar surface area (TPSA) is 37.3 Å². The number of benzene rings is 1. The molecule has 2 heteroatoms. The third kappa shape index (κ3) is 6.02. The molecule has 0 aliphatic heterocycles. The molecule has 15 heavy (non-hydrogen) atoms. The summed E-state index contributed by atoms with van der Waals surface area (Å²) in [5.74, 6) is -0.219. The molecule has 0 aliphatic carbocycles. The van der Waals surface area contributed by atoms with Crippen LogP contribution < -0.4 is 0 Å². The number of aliphatic hydroxyl groups is 1. The van der Waals surface area contributed by atoms with Gasteiger partial charge in [-0.05, 0) is 12.5 Å². The fraction of sp³-hybridized carbons (Fsp3) is 0.462. The van der Waals surface area contributed by atoms with Gasteiger partial charge >= 0.3 is 0 Å². The number of hydrogen-bond acceptors (Lipinski definition) is 2. The molecule has 0 saturated carbocycles. The van der Waals surface area contributed by atoms with Crippen molar-refractivity contribution in [3.63, 3.8) is 0 Å². The van der Waals surface area contributed by atoms with Crippen LogP contribution in [0.2, 0.25) is 0 Å². The van der Waals surface area contributed by atoms with Crippen LogP contribution in [-0.2, 0) is 0 Å². The van der Waals surface area contributed by atoms with Gasteiger partial charge in [-0.25, -0.2) is 0 Å². The highest BCUT2D eigenvalue weighted by atomic mass is 16.3. The van der Waals surface area contributed by atoms with E-state index in [2.05, 4.69) is 0 Å². The molecule has 0 unspecified atom stereocenters. The molecule has 1 aromatic carbocycles. The monoisotopic (exact) mass is 210 g/mol. The molecular weight excluding hydrogens is 188 g/mol. The van der Waals surface area contributed by atoms with Crippen molar-refractivity contribution in [2.24, 2.45) is 0 Å². The van der Waals surface area contributed by atoms with E-state index in [4.69, 9.17) is 5.11 Å². The zero-order chi connectivity index (χ0) is 12.3. The van der Waals surface area contributed by atoms with E-state index >= 15 is 0 Å². The van der Waals surface area contributed by atoms with Gasteiger partial charge in [0.1, 0.15) is 6.61 Å². The van der Waals surface area contributed by atoms with Crippen molar-refractivity contribution in [1.29, 1.82) is 0 Å². The van der Waals surface area contributed by atoms with Gasteiger partial charge in [-0.1, -0.05) is 52.0 Å². The minimum absolute atomic E-state index is 0.219. The molecule has 1 aromatic rings. The maximum absolute atomic E-state index is 11.0. The van der Waals surface area contributed by atoms with Crippen molar-refractivity contribution in [3.8, 4) is 0 Å². The van der Waals surface area contributed by atoms with Gasteiger partial charge in [0, 0.05) is 5.56 Å². The smallest absolute Gasteiger partial charge is 0.188 e. The summed E-state index contributed by atoms with van der Waals surface area (Å²) >= 11 is 0. The Hall–Kier alpha value is -1.15. The Bertz CT molecular complexity index is 267. The Balaban J connectivity index is 0. The number of carbonyl (C=O) groups excluding carboxylic acids is 1. The number of aliphatic hydroxyl groups excluding tert-OH is 1. The first-order valence-corrected chi connectivity index (χ1v) is 5.45. The van der Waals surface area contributed by atoms with Crippen LogP contribution in [0.1, 0.15) is 43.6 Å². The molecule has 86 valence electrons. The van der Waals surface area contributed by atoms with Crippen molar-refractivity contribution in [2.75, 3.05) is 6.61 Å². The average Bonchev–Trinajstić information content (AvgIpc) is 2.34. The Morgan fingerprint density at radius 2 is 1.60 bits per heavy atom. The lowest BCUT2D eigenvalue weighted by Crippen LogP contribution is -2.05. The highest BCUT2D eigenvalue weighted by Crippen LogP contribution is 2.06. The summed E-state index contributed by atoms with van der Waals surface area (Å²) in [7, 11) is 0. The van der Waals surface area contributed by atoms with E-state index in [1.54, 1.807) is 12.1 Å². The van der Waals surface area contributed by atoms with E-state index in [0.717, 1.165) is 5.56 Å². The summed E-state index contributed by atoms with van der Waals surface area (Å²) in [5.41, 5.74) is 1.52.